The summed E-state index contributed by atoms with van der Waals surface area (Å²) in [7, 11) is 0. The van der Waals surface area contributed by atoms with Crippen LogP contribution in [0.15, 0.2) is 29.2 Å². The lowest BCUT2D eigenvalue weighted by atomic mass is 9.47. The van der Waals surface area contributed by atoms with Gasteiger partial charge in [0.2, 0.25) is 0 Å². The molecule has 2 heterocycles. The van der Waals surface area contributed by atoms with Crippen LogP contribution >= 0.6 is 11.6 Å². The minimum Gasteiger partial charge on any atom is -0.486 e. The number of nitrogens with zero attached hydrogens (tertiary/aromatic N) is 2. The van der Waals surface area contributed by atoms with Gasteiger partial charge in [-0.2, -0.15) is 5.10 Å². The summed E-state index contributed by atoms with van der Waals surface area (Å²) in [6.07, 6.45) is 6.03. The Bertz CT molecular complexity index is 1160. The molecule has 9 heteroatoms. The van der Waals surface area contributed by atoms with Crippen molar-refractivity contribution in [2.75, 3.05) is 18.5 Å². The minimum atomic E-state index is -0.750. The summed E-state index contributed by atoms with van der Waals surface area (Å²) in [6, 6.07) is 5.43. The Morgan fingerprint density at radius 3 is 2.59 bits per heavy atom. The number of carbonyl (C=O) groups is 1. The van der Waals surface area contributed by atoms with E-state index in [1.165, 1.54) is 4.68 Å². The summed E-state index contributed by atoms with van der Waals surface area (Å²) in [4.78, 5) is 25.5. The lowest BCUT2D eigenvalue weighted by molar-refractivity contribution is -0.173. The lowest BCUT2D eigenvalue weighted by Gasteiger charge is -2.60. The van der Waals surface area contributed by atoms with Gasteiger partial charge in [0.15, 0.2) is 11.5 Å². The van der Waals surface area contributed by atoms with Crippen molar-refractivity contribution < 1.29 is 19.4 Å². The molecule has 168 valence electrons. The van der Waals surface area contributed by atoms with Crippen LogP contribution in [-0.2, 0) is 10.3 Å². The van der Waals surface area contributed by atoms with Crippen LogP contribution in [0.2, 0.25) is 5.02 Å². The predicted molar refractivity (Wildman–Crippen MR) is 117 cm³/mol. The molecule has 2 aromatic rings. The molecule has 4 saturated carbocycles. The zero-order chi connectivity index (χ0) is 22.1. The number of rotatable bonds is 4. The van der Waals surface area contributed by atoms with E-state index in [-0.39, 0.29) is 10.6 Å². The van der Waals surface area contributed by atoms with Crippen LogP contribution in [0.4, 0.5) is 11.4 Å². The molecule has 0 radical (unpaired) electrons. The molecule has 0 spiro atoms. The van der Waals surface area contributed by atoms with E-state index in [2.05, 4.69) is 10.4 Å². The molecule has 1 aliphatic heterocycles. The van der Waals surface area contributed by atoms with E-state index in [9.17, 15) is 14.7 Å². The van der Waals surface area contributed by atoms with Gasteiger partial charge in [-0.1, -0.05) is 11.6 Å². The van der Waals surface area contributed by atoms with Crippen LogP contribution in [0, 0.1) is 17.3 Å². The van der Waals surface area contributed by atoms with Crippen molar-refractivity contribution in [2.24, 2.45) is 17.3 Å². The van der Waals surface area contributed by atoms with E-state index in [1.54, 1.807) is 18.3 Å². The molecule has 32 heavy (non-hydrogen) atoms. The van der Waals surface area contributed by atoms with Crippen molar-refractivity contribution in [3.05, 3.63) is 39.8 Å². The molecule has 4 fully saturated rings. The Balaban J connectivity index is 1.34. The van der Waals surface area contributed by atoms with Gasteiger partial charge in [-0.05, 0) is 62.5 Å². The smallest absolute Gasteiger partial charge is 0.309 e. The van der Waals surface area contributed by atoms with Gasteiger partial charge in [0.05, 0.1) is 22.8 Å². The van der Waals surface area contributed by atoms with E-state index >= 15 is 0 Å². The number of halogens is 1. The first-order valence-corrected chi connectivity index (χ1v) is 11.4. The van der Waals surface area contributed by atoms with Crippen LogP contribution in [0.3, 0.4) is 0 Å². The quantitative estimate of drug-likeness (QED) is 0.719. The number of hydrogen-bond donors (Lipinski definition) is 2. The number of anilines is 2. The molecule has 2 N–H and O–H groups in total. The summed E-state index contributed by atoms with van der Waals surface area (Å²) >= 11 is 6.52. The molecule has 0 amide bonds. The van der Waals surface area contributed by atoms with Crippen molar-refractivity contribution in [3.63, 3.8) is 0 Å². The fourth-order valence-electron chi connectivity index (χ4n) is 6.85. The highest BCUT2D eigenvalue weighted by Gasteiger charge is 2.62. The zero-order valence-corrected chi connectivity index (χ0v) is 18.2. The van der Waals surface area contributed by atoms with Gasteiger partial charge in [-0.25, -0.2) is 4.68 Å². The van der Waals surface area contributed by atoms with E-state index in [0.717, 1.165) is 19.3 Å². The average Bonchev–Trinajstić information content (AvgIpc) is 2.76. The first-order valence-electron chi connectivity index (χ1n) is 11.1. The lowest BCUT2D eigenvalue weighted by Crippen LogP contribution is -2.61. The Morgan fingerprint density at radius 1 is 1.16 bits per heavy atom. The third-order valence-corrected chi connectivity index (χ3v) is 8.04. The third-order valence-electron chi connectivity index (χ3n) is 7.67. The van der Waals surface area contributed by atoms with Crippen molar-refractivity contribution in [1.82, 2.24) is 9.78 Å². The summed E-state index contributed by atoms with van der Waals surface area (Å²) in [6.45, 7) is 0.997. The van der Waals surface area contributed by atoms with Crippen LogP contribution in [-0.4, -0.2) is 34.1 Å². The van der Waals surface area contributed by atoms with Gasteiger partial charge in [-0.3, -0.25) is 9.59 Å². The highest BCUT2D eigenvalue weighted by molar-refractivity contribution is 6.33. The molecule has 4 bridgehead atoms. The molecular formula is C23H24ClN3O5. The Labute approximate surface area is 189 Å². The first kappa shape index (κ1) is 19.9. The molecule has 8 nitrogen and oxygen atoms in total. The van der Waals surface area contributed by atoms with Crippen molar-refractivity contribution in [1.29, 1.82) is 0 Å². The van der Waals surface area contributed by atoms with Crippen LogP contribution in [0.25, 0.3) is 0 Å². The van der Waals surface area contributed by atoms with Crippen LogP contribution in [0.1, 0.15) is 38.5 Å². The number of aromatic nitrogens is 2. The number of hydrogen-bond acceptors (Lipinski definition) is 6. The minimum absolute atomic E-state index is 0.0509. The van der Waals surface area contributed by atoms with Gasteiger partial charge in [0.1, 0.15) is 18.2 Å². The summed E-state index contributed by atoms with van der Waals surface area (Å²) < 4.78 is 12.6. The Hall–Kier alpha value is -2.74. The van der Waals surface area contributed by atoms with Gasteiger partial charge in [0, 0.05) is 11.8 Å². The van der Waals surface area contributed by atoms with Gasteiger partial charge in [-0.15, -0.1) is 0 Å². The highest BCUT2D eigenvalue weighted by atomic mass is 35.5. The number of benzene rings is 1. The molecule has 5 aliphatic rings. The second kappa shape index (κ2) is 6.88. The molecule has 1 aromatic carbocycles. The second-order valence-electron chi connectivity index (χ2n) is 9.84. The van der Waals surface area contributed by atoms with E-state index < -0.39 is 16.9 Å². The zero-order valence-electron chi connectivity index (χ0n) is 17.5. The number of ether oxygens (including phenoxy) is 2. The molecule has 2 atom stereocenters. The average molecular weight is 458 g/mol. The number of nitrogens with one attached hydrogen (secondary N) is 1. The fourth-order valence-corrected chi connectivity index (χ4v) is 7.02. The van der Waals surface area contributed by atoms with Crippen molar-refractivity contribution >= 4 is 28.9 Å². The first-order chi connectivity index (χ1) is 15.4. The number of carboxylic acids is 1. The second-order valence-corrected chi connectivity index (χ2v) is 10.2. The summed E-state index contributed by atoms with van der Waals surface area (Å²) in [5, 5.41) is 17.7. The third kappa shape index (κ3) is 2.92. The fraction of sp³-hybridized carbons (Fsp3) is 0.522. The normalized spacial score (nSPS) is 32.0. The monoisotopic (exact) mass is 457 g/mol. The molecular weight excluding hydrogens is 434 g/mol. The van der Waals surface area contributed by atoms with Gasteiger partial charge >= 0.3 is 5.97 Å². The highest BCUT2D eigenvalue weighted by Crippen LogP contribution is 2.64. The summed E-state index contributed by atoms with van der Waals surface area (Å²) in [5.41, 5.74) is -0.591. The number of fused-ring (bicyclic) bond motifs is 1. The van der Waals surface area contributed by atoms with E-state index in [4.69, 9.17) is 21.1 Å². The maximum absolute atomic E-state index is 13.3. The molecule has 0 saturated heterocycles. The Morgan fingerprint density at radius 2 is 1.88 bits per heavy atom. The van der Waals surface area contributed by atoms with Gasteiger partial charge < -0.3 is 19.9 Å². The number of aliphatic carboxylic acids is 1. The van der Waals surface area contributed by atoms with E-state index in [0.29, 0.717) is 67.2 Å². The van der Waals surface area contributed by atoms with E-state index in [1.807, 2.05) is 6.07 Å². The Kier molecular flexibility index (Phi) is 4.28. The van der Waals surface area contributed by atoms with Crippen molar-refractivity contribution in [2.45, 2.75) is 44.1 Å². The largest absolute Gasteiger partial charge is 0.486 e. The molecule has 0 unspecified atom stereocenters. The number of carboxylic acid groups (broad SMARTS) is 1. The maximum atomic E-state index is 13.3. The van der Waals surface area contributed by atoms with Crippen molar-refractivity contribution in [3.8, 4) is 11.5 Å². The standard InChI is InChI=1S/C23H24ClN3O5/c24-19-16(26-15-1-2-17-18(6-15)32-4-3-31-17)11-25-27(20(19)28)23-9-13-5-14(10-23)8-22(7-13,12-23)21(29)30/h1-2,6,11,13-14,26H,3-5,7-10,12H2,(H,29,30)/t13-,14-,22?,23?/m0/s1. The maximum Gasteiger partial charge on any atom is 0.309 e. The van der Waals surface area contributed by atoms with Gasteiger partial charge in [0.25, 0.3) is 5.56 Å². The molecule has 4 aliphatic carbocycles. The topological polar surface area (TPSA) is 103 Å². The summed E-state index contributed by atoms with van der Waals surface area (Å²) in [5.74, 6) is 1.19. The van der Waals surface area contributed by atoms with Crippen LogP contribution < -0.4 is 20.3 Å². The SMILES string of the molecule is O=C(O)C12C[C@@H]3C[C@@H](C1)CC(n1ncc(Nc4ccc5c(c4)OCCO5)c(Cl)c1=O)(C3)C2. The van der Waals surface area contributed by atoms with Crippen LogP contribution in [0.5, 0.6) is 11.5 Å². The molecule has 7 rings (SSSR count). The molecule has 1 aromatic heterocycles. The predicted octanol–water partition coefficient (Wildman–Crippen LogP) is 3.79.